The van der Waals surface area contributed by atoms with Crippen molar-refractivity contribution in [1.29, 1.82) is 0 Å². The van der Waals surface area contributed by atoms with Crippen molar-refractivity contribution in [3.8, 4) is 5.75 Å². The van der Waals surface area contributed by atoms with E-state index in [1.54, 1.807) is 32.9 Å². The second-order valence-electron chi connectivity index (χ2n) is 5.17. The van der Waals surface area contributed by atoms with E-state index in [1.807, 2.05) is 0 Å². The summed E-state index contributed by atoms with van der Waals surface area (Å²) in [7, 11) is 0. The number of carbonyl (C=O) groups is 1. The fourth-order valence-corrected chi connectivity index (χ4v) is 1.46. The van der Waals surface area contributed by atoms with E-state index >= 15 is 0 Å². The zero-order chi connectivity index (χ0) is 15.2. The summed E-state index contributed by atoms with van der Waals surface area (Å²) in [6.45, 7) is 2.99. The van der Waals surface area contributed by atoms with Gasteiger partial charge in [0.05, 0.1) is 6.42 Å². The zero-order valence-electron chi connectivity index (χ0n) is 11.8. The first-order chi connectivity index (χ1) is 9.26. The van der Waals surface area contributed by atoms with Crippen molar-refractivity contribution >= 4 is 11.7 Å². The molecule has 0 saturated carbocycles. The first-order valence-corrected chi connectivity index (χ1v) is 6.27. The number of alkyl halides is 2. The number of carbonyl (C=O) groups excluding carboxylic acids is 1. The lowest BCUT2D eigenvalue weighted by Gasteiger charge is -2.19. The van der Waals surface area contributed by atoms with Gasteiger partial charge in [0.1, 0.15) is 11.4 Å². The molecule has 0 heterocycles. The molecule has 0 aliphatic heterocycles. The van der Waals surface area contributed by atoms with Crippen molar-refractivity contribution in [1.82, 2.24) is 0 Å². The Hall–Kier alpha value is -1.85. The molecule has 0 fully saturated rings. The van der Waals surface area contributed by atoms with E-state index in [2.05, 4.69) is 10.1 Å². The summed E-state index contributed by atoms with van der Waals surface area (Å²) in [5, 5.41) is 3.00. The summed E-state index contributed by atoms with van der Waals surface area (Å²) in [6.07, 6.45) is 0.229. The third kappa shape index (κ3) is 6.92. The van der Waals surface area contributed by atoms with Gasteiger partial charge in [0, 0.05) is 12.2 Å². The van der Waals surface area contributed by atoms with Gasteiger partial charge in [-0.3, -0.25) is 4.79 Å². The third-order valence-electron chi connectivity index (χ3n) is 2.16. The van der Waals surface area contributed by atoms with E-state index < -0.39 is 12.2 Å². The SMILES string of the molecule is CC(C)(C)OC(=O)CCNc1ccc(OC(F)F)cc1. The molecule has 6 heteroatoms. The van der Waals surface area contributed by atoms with Crippen LogP contribution in [-0.2, 0) is 9.53 Å². The summed E-state index contributed by atoms with van der Waals surface area (Å²) >= 11 is 0. The van der Waals surface area contributed by atoms with Gasteiger partial charge in [-0.05, 0) is 45.0 Å². The predicted molar refractivity (Wildman–Crippen MR) is 72.0 cm³/mol. The lowest BCUT2D eigenvalue weighted by atomic mass is 10.2. The van der Waals surface area contributed by atoms with Crippen LogP contribution in [0.3, 0.4) is 0 Å². The molecule has 0 unspecified atom stereocenters. The Morgan fingerprint density at radius 3 is 2.35 bits per heavy atom. The molecular formula is C14H19F2NO3. The Morgan fingerprint density at radius 1 is 1.25 bits per heavy atom. The Bertz CT molecular complexity index is 427. The molecule has 1 rings (SSSR count). The van der Waals surface area contributed by atoms with Gasteiger partial charge >= 0.3 is 12.6 Å². The minimum Gasteiger partial charge on any atom is -0.460 e. The van der Waals surface area contributed by atoms with Crippen LogP contribution in [0.2, 0.25) is 0 Å². The summed E-state index contributed by atoms with van der Waals surface area (Å²) in [6, 6.07) is 6.07. The number of hydrogen-bond acceptors (Lipinski definition) is 4. The highest BCUT2D eigenvalue weighted by molar-refractivity contribution is 5.70. The van der Waals surface area contributed by atoms with Crippen LogP contribution in [0, 0.1) is 0 Å². The van der Waals surface area contributed by atoms with Crippen LogP contribution in [-0.4, -0.2) is 24.7 Å². The van der Waals surface area contributed by atoms with Gasteiger partial charge < -0.3 is 14.8 Å². The molecule has 0 aliphatic carbocycles. The van der Waals surface area contributed by atoms with Gasteiger partial charge in [-0.1, -0.05) is 0 Å². The molecule has 0 bridgehead atoms. The molecular weight excluding hydrogens is 268 g/mol. The minimum absolute atomic E-state index is 0.0951. The lowest BCUT2D eigenvalue weighted by molar-refractivity contribution is -0.154. The van der Waals surface area contributed by atoms with Gasteiger partial charge in [0.2, 0.25) is 0 Å². The van der Waals surface area contributed by atoms with Crippen molar-refractivity contribution in [2.75, 3.05) is 11.9 Å². The van der Waals surface area contributed by atoms with Crippen molar-refractivity contribution < 1.29 is 23.0 Å². The lowest BCUT2D eigenvalue weighted by Crippen LogP contribution is -2.25. The summed E-state index contributed by atoms with van der Waals surface area (Å²) < 4.78 is 33.3. The molecule has 0 aromatic heterocycles. The van der Waals surface area contributed by atoms with Crippen LogP contribution in [0.5, 0.6) is 5.75 Å². The van der Waals surface area contributed by atoms with Crippen LogP contribution in [0.4, 0.5) is 14.5 Å². The van der Waals surface area contributed by atoms with Gasteiger partial charge in [-0.15, -0.1) is 0 Å². The molecule has 20 heavy (non-hydrogen) atoms. The number of hydrogen-bond donors (Lipinski definition) is 1. The fourth-order valence-electron chi connectivity index (χ4n) is 1.46. The van der Waals surface area contributed by atoms with Gasteiger partial charge in [-0.25, -0.2) is 0 Å². The van der Waals surface area contributed by atoms with Crippen LogP contribution in [0.15, 0.2) is 24.3 Å². The first kappa shape index (κ1) is 16.2. The molecule has 1 aromatic rings. The molecule has 1 aromatic carbocycles. The Labute approximate surface area is 117 Å². The van der Waals surface area contributed by atoms with Crippen molar-refractivity contribution in [3.63, 3.8) is 0 Å². The van der Waals surface area contributed by atoms with Gasteiger partial charge in [-0.2, -0.15) is 8.78 Å². The van der Waals surface area contributed by atoms with Crippen molar-refractivity contribution in [3.05, 3.63) is 24.3 Å². The van der Waals surface area contributed by atoms with Crippen molar-refractivity contribution in [2.45, 2.75) is 39.4 Å². The smallest absolute Gasteiger partial charge is 0.387 e. The van der Waals surface area contributed by atoms with E-state index in [4.69, 9.17) is 4.74 Å². The maximum Gasteiger partial charge on any atom is 0.387 e. The largest absolute Gasteiger partial charge is 0.460 e. The summed E-state index contributed by atoms with van der Waals surface area (Å²) in [5.74, 6) is -0.194. The Kier molecular flexibility index (Phi) is 5.73. The maximum atomic E-state index is 12.0. The van der Waals surface area contributed by atoms with E-state index in [0.717, 1.165) is 5.69 Å². The second kappa shape index (κ2) is 7.07. The number of anilines is 1. The van der Waals surface area contributed by atoms with Gasteiger partial charge in [0.25, 0.3) is 0 Å². The number of rotatable bonds is 6. The fraction of sp³-hybridized carbons (Fsp3) is 0.500. The number of halogens is 2. The first-order valence-electron chi connectivity index (χ1n) is 6.27. The molecule has 0 atom stereocenters. The topological polar surface area (TPSA) is 47.6 Å². The highest BCUT2D eigenvalue weighted by Gasteiger charge is 2.15. The summed E-state index contributed by atoms with van der Waals surface area (Å²) in [4.78, 5) is 11.5. The standard InChI is InChI=1S/C14H19F2NO3/c1-14(2,3)20-12(18)8-9-17-10-4-6-11(7-5-10)19-13(15)16/h4-7,13,17H,8-9H2,1-3H3. The summed E-state index contributed by atoms with van der Waals surface area (Å²) in [5.41, 5.74) is 0.223. The number of benzene rings is 1. The molecule has 0 radical (unpaired) electrons. The van der Waals surface area contributed by atoms with E-state index in [-0.39, 0.29) is 18.1 Å². The molecule has 1 N–H and O–H groups in total. The third-order valence-corrected chi connectivity index (χ3v) is 2.16. The molecule has 0 aliphatic rings. The van der Waals surface area contributed by atoms with Crippen molar-refractivity contribution in [2.24, 2.45) is 0 Å². The zero-order valence-corrected chi connectivity index (χ0v) is 11.8. The average Bonchev–Trinajstić information content (AvgIpc) is 2.28. The molecule has 0 spiro atoms. The number of ether oxygens (including phenoxy) is 2. The minimum atomic E-state index is -2.83. The maximum absolute atomic E-state index is 12.0. The highest BCUT2D eigenvalue weighted by atomic mass is 19.3. The number of nitrogens with one attached hydrogen (secondary N) is 1. The van der Waals surface area contributed by atoms with E-state index in [9.17, 15) is 13.6 Å². The van der Waals surface area contributed by atoms with Crippen LogP contribution < -0.4 is 10.1 Å². The average molecular weight is 287 g/mol. The van der Waals surface area contributed by atoms with Crippen LogP contribution >= 0.6 is 0 Å². The second-order valence-corrected chi connectivity index (χ2v) is 5.17. The quantitative estimate of drug-likeness (QED) is 0.814. The molecule has 0 saturated heterocycles. The van der Waals surface area contributed by atoms with Crippen LogP contribution in [0.1, 0.15) is 27.2 Å². The monoisotopic (exact) mass is 287 g/mol. The van der Waals surface area contributed by atoms with Crippen LogP contribution in [0.25, 0.3) is 0 Å². The molecule has 0 amide bonds. The molecule has 4 nitrogen and oxygen atoms in total. The van der Waals surface area contributed by atoms with E-state index in [0.29, 0.717) is 6.54 Å². The Balaban J connectivity index is 2.33. The highest BCUT2D eigenvalue weighted by Crippen LogP contribution is 2.17. The Morgan fingerprint density at radius 2 is 1.85 bits per heavy atom. The number of esters is 1. The normalized spacial score (nSPS) is 11.3. The van der Waals surface area contributed by atoms with E-state index in [1.165, 1.54) is 12.1 Å². The molecule has 112 valence electrons. The predicted octanol–water partition coefficient (Wildman–Crippen LogP) is 3.43. The van der Waals surface area contributed by atoms with Gasteiger partial charge in [0.15, 0.2) is 0 Å².